The van der Waals surface area contributed by atoms with Crippen molar-refractivity contribution < 1.29 is 82.2 Å². The predicted octanol–water partition coefficient (Wildman–Crippen LogP) is 6.39. The Hall–Kier alpha value is -12.4. The predicted molar refractivity (Wildman–Crippen MR) is 480 cm³/mol. The van der Waals surface area contributed by atoms with Crippen molar-refractivity contribution in [2.45, 2.75) is 175 Å². The van der Waals surface area contributed by atoms with Gasteiger partial charge in [-0.3, -0.25) is 33.1 Å². The number of rotatable bonds is 26. The molecule has 7 aliphatic carbocycles. The first-order valence-electron chi connectivity index (χ1n) is 42.9. The molecular weight excluding hydrogens is 1760 g/mol. The maximum Gasteiger partial charge on any atom is 0.333 e. The van der Waals surface area contributed by atoms with Crippen LogP contribution < -0.4 is 50.8 Å². The third-order valence-corrected chi connectivity index (χ3v) is 28.4. The summed E-state index contributed by atoms with van der Waals surface area (Å²) < 4.78 is 120. The number of anilines is 4. The lowest BCUT2D eigenvalue weighted by Gasteiger charge is -2.16. The Bertz CT molecular complexity index is 6370. The van der Waals surface area contributed by atoms with Crippen LogP contribution in [-0.2, 0) is 169 Å². The highest BCUT2D eigenvalue weighted by Gasteiger charge is 2.35. The number of carbonyl (C=O) groups is 7. The average molecular weight is 1860 g/mol. The number of aliphatic hydroxyl groups is 2. The minimum absolute atomic E-state index is 0.00654. The number of urea groups is 4. The first kappa shape index (κ1) is 95.2. The van der Waals surface area contributed by atoms with Crippen LogP contribution in [0.5, 0.6) is 0 Å². The molecule has 39 nitrogen and oxygen atoms in total. The fourth-order valence-corrected chi connectivity index (χ4v) is 21.2. The van der Waals surface area contributed by atoms with Crippen LogP contribution in [0.15, 0.2) is 99.0 Å². The number of hydrogen-bond acceptors (Lipinski definition) is 24. The first-order chi connectivity index (χ1) is 62.0. The number of carbonyl (C=O) groups excluding carboxylic acids is 7. The quantitative estimate of drug-likeness (QED) is 0.0261. The van der Waals surface area contributed by atoms with Crippen molar-refractivity contribution in [2.24, 2.45) is 21.1 Å². The lowest BCUT2D eigenvalue weighted by molar-refractivity contribution is 0.0755. The maximum absolute atomic E-state index is 13.0. The lowest BCUT2D eigenvalue weighted by atomic mass is 9.96. The summed E-state index contributed by atoms with van der Waals surface area (Å²) in [5.74, 6) is -1.56. The highest BCUT2D eigenvalue weighted by molar-refractivity contribution is 7.90. The molecule has 9 aromatic rings. The second kappa shape index (κ2) is 40.7. The summed E-state index contributed by atoms with van der Waals surface area (Å²) >= 11 is 0. The number of aromatic nitrogens is 8. The van der Waals surface area contributed by atoms with Crippen LogP contribution >= 0.6 is 0 Å². The number of methoxy groups -OCH3 is 1. The number of nitrogens with one attached hydrogen (secondary N) is 10. The van der Waals surface area contributed by atoms with Crippen molar-refractivity contribution >= 4 is 105 Å². The Morgan fingerprint density at radius 3 is 1.18 bits per heavy atom. The molecule has 0 bridgehead atoms. The summed E-state index contributed by atoms with van der Waals surface area (Å²) in [6.45, 7) is 3.15. The molecule has 0 atom stereocenters. The van der Waals surface area contributed by atoms with Gasteiger partial charge in [-0.2, -0.15) is 59.3 Å². The number of aryl methyl sites for hydroxylation is 11. The molecule has 12 N–H and O–H groups in total. The van der Waals surface area contributed by atoms with E-state index in [4.69, 9.17) is 14.9 Å². The standard InChI is InChI=1S/C25H28N6O3S.2C21H27N5O5S.C20H25N5O5S/c1-4-31-20(16-30(2)3)14-23(28-31)35(33,34)29-25(32)27-24-21-10-6-8-18(21)11-12-22(24)19-9-5-7-17(13-19)15-26;1-25(9-10-27)20(28)17-12-18(23-26(17)2)32(30,31)24-21(29)22-19-15-7-3-5-13(15)11-14-6-4-8-16(14)19;1-26-17(20(27)22-9-10-31-2)12-18(24-26)32(29,30)25-21(28)23-19-15-7-3-5-13(15)11-14-6-4-8-16(14)19;1-25-16(19(27)21-8-9-26)11-17(23-25)31(29,30)24-20(28)22-18-14-6-2-4-12(14)10-13-5-3-7-15(13)18/h5,7,9,11-14H,4,6,8,10,16H2,1-3H3,(H2,27,29,32);11-12,27H,3-10H2,1-2H3,(H2,22,24,29);11-12H,3-10H2,1-2H3,(H,22,27)(H2,23,25,28);10-11,26H,2-9H2,1H3,(H,21,27)(H2,22,24,28). The number of fused-ring (bicyclic) bond motifs is 7. The van der Waals surface area contributed by atoms with Gasteiger partial charge in [0.15, 0.2) is 20.1 Å². The number of ether oxygens (including phenoxy) is 1. The zero-order valence-electron chi connectivity index (χ0n) is 73.5. The molecule has 43 heteroatoms. The zero-order chi connectivity index (χ0) is 93.3. The van der Waals surface area contributed by atoms with Gasteiger partial charge in [0.2, 0.25) is 0 Å². The molecule has 0 unspecified atom stereocenters. The summed E-state index contributed by atoms with van der Waals surface area (Å²) in [6.07, 6.45) is 19.7. The van der Waals surface area contributed by atoms with Crippen LogP contribution in [-0.4, -0.2) is 202 Å². The third-order valence-electron chi connectivity index (χ3n) is 23.6. The van der Waals surface area contributed by atoms with Crippen molar-refractivity contribution in [1.29, 1.82) is 5.26 Å². The molecule has 0 spiro atoms. The van der Waals surface area contributed by atoms with Crippen molar-refractivity contribution in [2.75, 3.05) is 89.0 Å². The summed E-state index contributed by atoms with van der Waals surface area (Å²) in [5, 5.41) is 57.6. The summed E-state index contributed by atoms with van der Waals surface area (Å²) in [6, 6.07) is 21.3. The molecule has 4 aromatic heterocycles. The number of likely N-dealkylation sites (N-methyl/N-ethyl adjacent to an activating group) is 1. The molecule has 0 saturated carbocycles. The number of aliphatic hydroxyl groups excluding tert-OH is 2. The van der Waals surface area contributed by atoms with Crippen LogP contribution in [0.3, 0.4) is 0 Å². The van der Waals surface area contributed by atoms with Crippen molar-refractivity contribution in [1.82, 2.24) is 78.4 Å². The van der Waals surface area contributed by atoms with Gasteiger partial charge in [0.1, 0.15) is 17.1 Å². The van der Waals surface area contributed by atoms with E-state index >= 15 is 0 Å². The van der Waals surface area contributed by atoms with E-state index in [-0.39, 0.29) is 55.0 Å². The van der Waals surface area contributed by atoms with Crippen LogP contribution in [0.2, 0.25) is 0 Å². The number of nitrogens with zero attached hydrogens (tertiary/aromatic N) is 11. The third kappa shape index (κ3) is 21.7. The van der Waals surface area contributed by atoms with Crippen LogP contribution in [0.4, 0.5) is 41.9 Å². The van der Waals surface area contributed by atoms with Gasteiger partial charge in [-0.1, -0.05) is 42.5 Å². The van der Waals surface area contributed by atoms with Gasteiger partial charge in [0.05, 0.1) is 42.8 Å². The van der Waals surface area contributed by atoms with Crippen LogP contribution in [0.1, 0.15) is 172 Å². The molecule has 0 aliphatic heterocycles. The van der Waals surface area contributed by atoms with E-state index in [1.165, 1.54) is 79.6 Å². The highest BCUT2D eigenvalue weighted by Crippen LogP contribution is 2.43. The molecule has 692 valence electrons. The molecule has 11 amide bonds. The first-order valence-corrected chi connectivity index (χ1v) is 48.8. The smallest absolute Gasteiger partial charge is 0.333 e. The molecule has 0 radical (unpaired) electrons. The molecule has 130 heavy (non-hydrogen) atoms. The van der Waals surface area contributed by atoms with E-state index in [2.05, 4.69) is 81.3 Å². The molecule has 7 aliphatic rings. The largest absolute Gasteiger partial charge is 0.395 e. The fourth-order valence-electron chi connectivity index (χ4n) is 17.7. The Morgan fingerprint density at radius 1 is 0.446 bits per heavy atom. The topological polar surface area (TPSA) is 528 Å². The second-order valence-corrected chi connectivity index (χ2v) is 39.3. The van der Waals surface area contributed by atoms with E-state index in [0.29, 0.717) is 30.9 Å². The summed E-state index contributed by atoms with van der Waals surface area (Å²) in [7, 11) is -5.95. The van der Waals surface area contributed by atoms with E-state index in [0.717, 1.165) is 245 Å². The molecule has 0 saturated heterocycles. The minimum atomic E-state index is -4.30. The number of amides is 11. The van der Waals surface area contributed by atoms with Gasteiger partial charge in [0.25, 0.3) is 57.8 Å². The normalized spacial score (nSPS) is 14.2. The SMILES string of the molecule is CCn1nc(S(=O)(=O)NC(=O)Nc2c(-c3cccc(C#N)c3)ccc3c2CCC3)cc1CN(C)C.CN(CCO)C(=O)c1cc(S(=O)(=O)NC(=O)Nc2c3c(cc4c2CCC4)CCC3)nn1C.COCCNC(=O)c1cc(S(=O)(=O)NC(=O)Nc2c3c(cc4c2CCC4)CCC3)nn1C.Cn1nc(S(=O)(=O)NC(=O)Nc2c3c(cc4c2CCC4)CCC3)cc1C(=O)NCCO. The van der Waals surface area contributed by atoms with Crippen molar-refractivity contribution in [3.05, 3.63) is 185 Å². The zero-order valence-corrected chi connectivity index (χ0v) is 76.8. The van der Waals surface area contributed by atoms with Gasteiger partial charge >= 0.3 is 24.1 Å². The fraction of sp³-hybridized carbons (Fsp3) is 0.425. The Kier molecular flexibility index (Phi) is 29.8. The Balaban J connectivity index is 0.000000148. The number of sulfonamides is 4. The van der Waals surface area contributed by atoms with Crippen molar-refractivity contribution in [3.8, 4) is 17.2 Å². The van der Waals surface area contributed by atoms with E-state index in [1.54, 1.807) is 22.9 Å². The highest BCUT2D eigenvalue weighted by atomic mass is 32.2. The average Bonchev–Trinajstić information content (AvgIpc) is 1.62. The Morgan fingerprint density at radius 2 is 0.808 bits per heavy atom. The molecular formula is C87H107N21O18S4. The monoisotopic (exact) mass is 1860 g/mol. The minimum Gasteiger partial charge on any atom is -0.395 e. The Labute approximate surface area is 753 Å². The number of nitriles is 1. The lowest BCUT2D eigenvalue weighted by Crippen LogP contribution is -2.35. The van der Waals surface area contributed by atoms with E-state index in [1.807, 2.05) is 58.3 Å². The molecule has 4 heterocycles. The van der Waals surface area contributed by atoms with Crippen LogP contribution in [0.25, 0.3) is 11.1 Å². The van der Waals surface area contributed by atoms with E-state index < -0.39 is 97.0 Å². The molecule has 5 aromatic carbocycles. The molecule has 0 fully saturated rings. The van der Waals surface area contributed by atoms with Gasteiger partial charge in [-0.25, -0.2) is 38.1 Å². The van der Waals surface area contributed by atoms with Gasteiger partial charge in [-0.15, -0.1) is 0 Å². The van der Waals surface area contributed by atoms with Gasteiger partial charge in [0, 0.05) is 115 Å². The number of hydrogen-bond donors (Lipinski definition) is 12. The maximum atomic E-state index is 13.0. The van der Waals surface area contributed by atoms with Gasteiger partial charge < -0.3 is 56.7 Å². The van der Waals surface area contributed by atoms with Crippen molar-refractivity contribution in [3.63, 3.8) is 0 Å². The van der Waals surface area contributed by atoms with Gasteiger partial charge in [-0.05, 0) is 251 Å². The second-order valence-electron chi connectivity index (χ2n) is 32.8. The summed E-state index contributed by atoms with van der Waals surface area (Å²) in [4.78, 5) is 90.8. The number of benzene rings is 5. The molecule has 16 rings (SSSR count). The van der Waals surface area contributed by atoms with Crippen LogP contribution in [0, 0.1) is 11.3 Å². The summed E-state index contributed by atoms with van der Waals surface area (Å²) in [5.41, 5.74) is 21.7. The van der Waals surface area contributed by atoms with E-state index in [9.17, 15) is 72.5 Å².